The molecule has 1 aromatic heterocycles. The van der Waals surface area contributed by atoms with E-state index in [1.54, 1.807) is 0 Å². The van der Waals surface area contributed by atoms with E-state index in [0.717, 1.165) is 42.1 Å². The van der Waals surface area contributed by atoms with Crippen molar-refractivity contribution in [2.24, 2.45) is 0 Å². The van der Waals surface area contributed by atoms with Crippen LogP contribution in [0.15, 0.2) is 30.3 Å². The summed E-state index contributed by atoms with van der Waals surface area (Å²) < 4.78 is 0. The molecular weight excluding hydrogens is 370 g/mol. The zero-order chi connectivity index (χ0) is 19.3. The van der Waals surface area contributed by atoms with Crippen molar-refractivity contribution in [2.75, 3.05) is 0 Å². The standard InChI is InChI=1S/C23H30ClN3O/c24-22-18(15-17-9-7-8-14-21(17)26-22)16-27(20-12-5-2-6-13-20)23(28)25-19-10-3-1-4-11-19/h7-9,14-15,19-20H,1-6,10-13,16H2,(H,25,28). The Kier molecular flexibility index (Phi) is 6.36. The fourth-order valence-electron chi connectivity index (χ4n) is 4.69. The summed E-state index contributed by atoms with van der Waals surface area (Å²) in [6, 6.07) is 10.8. The van der Waals surface area contributed by atoms with Crippen LogP contribution in [0.2, 0.25) is 5.15 Å². The quantitative estimate of drug-likeness (QED) is 0.634. The van der Waals surface area contributed by atoms with Crippen LogP contribution in [0.25, 0.3) is 10.9 Å². The van der Waals surface area contributed by atoms with Gasteiger partial charge in [-0.3, -0.25) is 0 Å². The number of carbonyl (C=O) groups excluding carboxylic acids is 1. The number of hydrogen-bond donors (Lipinski definition) is 1. The summed E-state index contributed by atoms with van der Waals surface area (Å²) in [5.41, 5.74) is 1.83. The molecule has 4 nitrogen and oxygen atoms in total. The molecular formula is C23H30ClN3O. The van der Waals surface area contributed by atoms with Crippen LogP contribution in [0.3, 0.4) is 0 Å². The molecule has 0 unspecified atom stereocenters. The van der Waals surface area contributed by atoms with Gasteiger partial charge >= 0.3 is 6.03 Å². The molecule has 2 amide bonds. The molecule has 2 aromatic rings. The smallest absolute Gasteiger partial charge is 0.318 e. The van der Waals surface area contributed by atoms with E-state index in [0.29, 0.717) is 23.8 Å². The number of carbonyl (C=O) groups is 1. The Labute approximate surface area is 172 Å². The van der Waals surface area contributed by atoms with Crippen LogP contribution in [-0.4, -0.2) is 28.0 Å². The monoisotopic (exact) mass is 399 g/mol. The Morgan fingerprint density at radius 1 is 1.04 bits per heavy atom. The molecule has 0 aliphatic heterocycles. The molecule has 2 fully saturated rings. The van der Waals surface area contributed by atoms with Crippen LogP contribution >= 0.6 is 11.6 Å². The summed E-state index contributed by atoms with van der Waals surface area (Å²) in [6.45, 7) is 0.528. The van der Waals surface area contributed by atoms with E-state index >= 15 is 0 Å². The van der Waals surface area contributed by atoms with Crippen molar-refractivity contribution < 1.29 is 4.79 Å². The number of hydrogen-bond acceptors (Lipinski definition) is 2. The van der Waals surface area contributed by atoms with Gasteiger partial charge in [0.15, 0.2) is 0 Å². The second-order valence-corrected chi connectivity index (χ2v) is 8.69. The van der Waals surface area contributed by atoms with Gasteiger partial charge in [-0.1, -0.05) is 68.3 Å². The number of nitrogens with one attached hydrogen (secondary N) is 1. The maximum absolute atomic E-state index is 13.2. The zero-order valence-electron chi connectivity index (χ0n) is 16.5. The minimum Gasteiger partial charge on any atom is -0.335 e. The first kappa shape index (κ1) is 19.5. The van der Waals surface area contributed by atoms with Gasteiger partial charge in [0.1, 0.15) is 5.15 Å². The van der Waals surface area contributed by atoms with Crippen molar-refractivity contribution >= 4 is 28.5 Å². The number of pyridine rings is 1. The fraction of sp³-hybridized carbons (Fsp3) is 0.565. The summed E-state index contributed by atoms with van der Waals surface area (Å²) in [6.07, 6.45) is 11.7. The highest BCUT2D eigenvalue weighted by Gasteiger charge is 2.28. The molecule has 5 heteroatoms. The lowest BCUT2D eigenvalue weighted by molar-refractivity contribution is 0.145. The number of urea groups is 1. The first-order valence-electron chi connectivity index (χ1n) is 10.8. The third-order valence-corrected chi connectivity index (χ3v) is 6.63. The molecule has 2 saturated carbocycles. The van der Waals surface area contributed by atoms with Crippen molar-refractivity contribution in [1.82, 2.24) is 15.2 Å². The maximum Gasteiger partial charge on any atom is 0.318 e. The van der Waals surface area contributed by atoms with Crippen molar-refractivity contribution in [3.63, 3.8) is 0 Å². The maximum atomic E-state index is 13.2. The van der Waals surface area contributed by atoms with E-state index in [1.165, 1.54) is 38.5 Å². The highest BCUT2D eigenvalue weighted by atomic mass is 35.5. The molecule has 150 valence electrons. The SMILES string of the molecule is O=C(NC1CCCCC1)N(Cc1cc2ccccc2nc1Cl)C1CCCCC1. The predicted molar refractivity (Wildman–Crippen MR) is 115 cm³/mol. The molecule has 1 aromatic carbocycles. The normalized spacial score (nSPS) is 18.9. The highest BCUT2D eigenvalue weighted by Crippen LogP contribution is 2.28. The van der Waals surface area contributed by atoms with Crippen molar-refractivity contribution in [3.8, 4) is 0 Å². The van der Waals surface area contributed by atoms with E-state index in [1.807, 2.05) is 23.1 Å². The van der Waals surface area contributed by atoms with Gasteiger partial charge in [0.05, 0.1) is 12.1 Å². The van der Waals surface area contributed by atoms with Gasteiger partial charge in [-0.2, -0.15) is 0 Å². The number of benzene rings is 1. The molecule has 2 aliphatic carbocycles. The lowest BCUT2D eigenvalue weighted by atomic mass is 9.93. The van der Waals surface area contributed by atoms with Gasteiger partial charge < -0.3 is 10.2 Å². The van der Waals surface area contributed by atoms with E-state index in [2.05, 4.69) is 22.4 Å². The van der Waals surface area contributed by atoms with Crippen molar-refractivity contribution in [1.29, 1.82) is 0 Å². The van der Waals surface area contributed by atoms with Gasteiger partial charge in [-0.05, 0) is 37.8 Å². The number of fused-ring (bicyclic) bond motifs is 1. The molecule has 4 rings (SSSR count). The number of rotatable bonds is 4. The van der Waals surface area contributed by atoms with Crippen LogP contribution < -0.4 is 5.32 Å². The van der Waals surface area contributed by atoms with Gasteiger partial charge in [0, 0.05) is 23.0 Å². The first-order chi connectivity index (χ1) is 13.7. The summed E-state index contributed by atoms with van der Waals surface area (Å²) in [4.78, 5) is 19.8. The van der Waals surface area contributed by atoms with Crippen LogP contribution in [0, 0.1) is 0 Å². The number of para-hydroxylation sites is 1. The minimum absolute atomic E-state index is 0.0722. The molecule has 0 radical (unpaired) electrons. The third-order valence-electron chi connectivity index (χ3n) is 6.30. The molecule has 1 heterocycles. The van der Waals surface area contributed by atoms with Gasteiger partial charge in [-0.25, -0.2) is 9.78 Å². The average Bonchev–Trinajstić information content (AvgIpc) is 2.73. The Hall–Kier alpha value is -1.81. The molecule has 1 N–H and O–H groups in total. The second-order valence-electron chi connectivity index (χ2n) is 8.34. The Bertz CT molecular complexity index is 813. The van der Waals surface area contributed by atoms with Gasteiger partial charge in [0.25, 0.3) is 0 Å². The van der Waals surface area contributed by atoms with E-state index in [-0.39, 0.29) is 6.03 Å². The summed E-state index contributed by atoms with van der Waals surface area (Å²) in [5, 5.41) is 4.89. The number of nitrogens with zero attached hydrogens (tertiary/aromatic N) is 2. The minimum atomic E-state index is 0.0722. The van der Waals surface area contributed by atoms with E-state index < -0.39 is 0 Å². The van der Waals surface area contributed by atoms with E-state index in [9.17, 15) is 4.79 Å². The van der Waals surface area contributed by atoms with Crippen LogP contribution in [0.5, 0.6) is 0 Å². The third kappa shape index (κ3) is 4.60. The molecule has 2 aliphatic rings. The molecule has 0 spiro atoms. The molecule has 0 bridgehead atoms. The Morgan fingerprint density at radius 3 is 2.46 bits per heavy atom. The molecule has 0 saturated heterocycles. The first-order valence-corrected chi connectivity index (χ1v) is 11.2. The zero-order valence-corrected chi connectivity index (χ0v) is 17.3. The highest BCUT2D eigenvalue weighted by molar-refractivity contribution is 6.30. The van der Waals surface area contributed by atoms with E-state index in [4.69, 9.17) is 11.6 Å². The van der Waals surface area contributed by atoms with Crippen LogP contribution in [-0.2, 0) is 6.54 Å². The van der Waals surface area contributed by atoms with Crippen LogP contribution in [0.1, 0.15) is 69.8 Å². The number of halogens is 1. The number of aromatic nitrogens is 1. The number of amides is 2. The summed E-state index contributed by atoms with van der Waals surface area (Å²) >= 11 is 6.51. The van der Waals surface area contributed by atoms with Crippen molar-refractivity contribution in [2.45, 2.75) is 82.8 Å². The fourth-order valence-corrected chi connectivity index (χ4v) is 4.90. The topological polar surface area (TPSA) is 45.2 Å². The van der Waals surface area contributed by atoms with Gasteiger partial charge in [-0.15, -0.1) is 0 Å². The van der Waals surface area contributed by atoms with Gasteiger partial charge in [0.2, 0.25) is 0 Å². The summed E-state index contributed by atoms with van der Waals surface area (Å²) in [5.74, 6) is 0. The summed E-state index contributed by atoms with van der Waals surface area (Å²) in [7, 11) is 0. The molecule has 0 atom stereocenters. The second kappa shape index (κ2) is 9.13. The van der Waals surface area contributed by atoms with Crippen LogP contribution in [0.4, 0.5) is 4.79 Å². The Morgan fingerprint density at radius 2 is 1.71 bits per heavy atom. The molecule has 28 heavy (non-hydrogen) atoms. The Balaban J connectivity index is 1.56. The average molecular weight is 400 g/mol. The lowest BCUT2D eigenvalue weighted by Crippen LogP contribution is -2.49. The predicted octanol–water partition coefficient (Wildman–Crippen LogP) is 6.07. The van der Waals surface area contributed by atoms with Crippen molar-refractivity contribution in [3.05, 3.63) is 41.0 Å². The lowest BCUT2D eigenvalue weighted by Gasteiger charge is -2.36. The largest absolute Gasteiger partial charge is 0.335 e.